The second-order valence-corrected chi connectivity index (χ2v) is 4.47. The Morgan fingerprint density at radius 1 is 1.61 bits per heavy atom. The molecule has 2 rings (SSSR count). The molecular weight excluding hydrogens is 254 g/mol. The quantitative estimate of drug-likeness (QED) is 0.449. The maximum atomic E-state index is 11.6. The van der Waals surface area contributed by atoms with E-state index >= 15 is 0 Å². The number of nitrogens with zero attached hydrogens (tertiary/aromatic N) is 3. The number of hydrogen-bond donors (Lipinski definition) is 2. The van der Waals surface area contributed by atoms with E-state index in [0.717, 1.165) is 0 Å². The summed E-state index contributed by atoms with van der Waals surface area (Å²) in [6.45, 7) is 2.03. The van der Waals surface area contributed by atoms with Crippen LogP contribution in [0.5, 0.6) is 0 Å². The number of aryl methyl sites for hydroxylation is 1. The molecule has 0 bridgehead atoms. The van der Waals surface area contributed by atoms with Gasteiger partial charge in [0.2, 0.25) is 0 Å². The Morgan fingerprint density at radius 3 is 3.06 bits per heavy atom. The molecule has 0 aliphatic rings. The lowest BCUT2D eigenvalue weighted by atomic mass is 10.4. The first-order valence-electron chi connectivity index (χ1n) is 5.08. The van der Waals surface area contributed by atoms with Crippen molar-refractivity contribution < 1.29 is 4.79 Å². The summed E-state index contributed by atoms with van der Waals surface area (Å²) in [7, 11) is 0. The fraction of sp³-hybridized carbons (Fsp3) is 0.200. The van der Waals surface area contributed by atoms with Crippen molar-refractivity contribution in [3.05, 3.63) is 44.5 Å². The van der Waals surface area contributed by atoms with Crippen LogP contribution < -0.4 is 16.8 Å². The number of thiazole rings is 1. The molecule has 8 heteroatoms. The molecule has 0 saturated carbocycles. The van der Waals surface area contributed by atoms with Gasteiger partial charge in [0.05, 0.1) is 18.6 Å². The van der Waals surface area contributed by atoms with Crippen molar-refractivity contribution in [3.63, 3.8) is 0 Å². The number of hydrogen-bond acceptors (Lipinski definition) is 6. The molecular formula is C10H11N5O2S. The summed E-state index contributed by atoms with van der Waals surface area (Å²) in [5, 5.41) is 1.97. The summed E-state index contributed by atoms with van der Waals surface area (Å²) < 4.78 is 1.42. The Hall–Kier alpha value is -2.06. The lowest BCUT2D eigenvalue weighted by molar-refractivity contribution is 0.0953. The summed E-state index contributed by atoms with van der Waals surface area (Å²) in [6.07, 6.45) is 1.46. The van der Waals surface area contributed by atoms with Gasteiger partial charge in [-0.3, -0.25) is 19.6 Å². The fourth-order valence-electron chi connectivity index (χ4n) is 1.36. The Morgan fingerprint density at radius 2 is 2.39 bits per heavy atom. The number of aromatic nitrogens is 3. The molecule has 0 unspecified atom stereocenters. The van der Waals surface area contributed by atoms with Crippen LogP contribution in [0.25, 0.3) is 0 Å². The van der Waals surface area contributed by atoms with Crippen molar-refractivity contribution in [2.24, 2.45) is 5.84 Å². The molecule has 3 N–H and O–H groups in total. The maximum Gasteiger partial charge on any atom is 0.294 e. The highest BCUT2D eigenvalue weighted by Crippen LogP contribution is 2.10. The SMILES string of the molecule is Cc1cc(=O)n(Cc2csc(C(=O)NN)n2)cn1. The van der Waals surface area contributed by atoms with Crippen LogP contribution in [0.15, 0.2) is 22.6 Å². The van der Waals surface area contributed by atoms with E-state index in [0.29, 0.717) is 11.4 Å². The van der Waals surface area contributed by atoms with Crippen molar-refractivity contribution in [2.45, 2.75) is 13.5 Å². The van der Waals surface area contributed by atoms with Gasteiger partial charge in [0.1, 0.15) is 0 Å². The smallest absolute Gasteiger partial charge is 0.293 e. The molecule has 2 heterocycles. The monoisotopic (exact) mass is 265 g/mol. The molecule has 1 amide bonds. The molecule has 2 aromatic heterocycles. The van der Waals surface area contributed by atoms with E-state index in [1.807, 2.05) is 5.43 Å². The van der Waals surface area contributed by atoms with Crippen LogP contribution in [0.3, 0.4) is 0 Å². The number of nitrogens with two attached hydrogens (primary N) is 1. The average Bonchev–Trinajstić information content (AvgIpc) is 2.80. The van der Waals surface area contributed by atoms with E-state index < -0.39 is 5.91 Å². The van der Waals surface area contributed by atoms with Gasteiger partial charge in [-0.05, 0) is 6.92 Å². The second-order valence-electron chi connectivity index (χ2n) is 3.61. The standard InChI is InChI=1S/C10H11N5O2S/c1-6-2-8(16)15(5-12-6)3-7-4-18-10(13-7)9(17)14-11/h2,4-5H,3,11H2,1H3,(H,14,17). The van der Waals surface area contributed by atoms with Gasteiger partial charge >= 0.3 is 0 Å². The van der Waals surface area contributed by atoms with Crippen molar-refractivity contribution in [1.82, 2.24) is 20.0 Å². The number of carbonyl (C=O) groups excluding carboxylic acids is 1. The Labute approximate surface area is 106 Å². The molecule has 94 valence electrons. The van der Waals surface area contributed by atoms with Crippen molar-refractivity contribution in [2.75, 3.05) is 0 Å². The Bertz CT molecular complexity index is 633. The molecule has 0 saturated heterocycles. The van der Waals surface area contributed by atoms with Crippen LogP contribution in [-0.2, 0) is 6.54 Å². The largest absolute Gasteiger partial charge is 0.294 e. The van der Waals surface area contributed by atoms with Crippen LogP contribution >= 0.6 is 11.3 Å². The van der Waals surface area contributed by atoms with Crippen LogP contribution in [0.4, 0.5) is 0 Å². The van der Waals surface area contributed by atoms with Crippen LogP contribution in [0.2, 0.25) is 0 Å². The van der Waals surface area contributed by atoms with Gasteiger partial charge in [0.25, 0.3) is 11.5 Å². The molecule has 0 fully saturated rings. The summed E-state index contributed by atoms with van der Waals surface area (Å²) in [5.74, 6) is 4.56. The molecule has 2 aromatic rings. The number of amides is 1. The third-order valence-electron chi connectivity index (χ3n) is 2.23. The average molecular weight is 265 g/mol. The van der Waals surface area contributed by atoms with Gasteiger partial charge < -0.3 is 0 Å². The van der Waals surface area contributed by atoms with Gasteiger partial charge in [-0.2, -0.15) is 0 Å². The van der Waals surface area contributed by atoms with E-state index in [1.54, 1.807) is 12.3 Å². The minimum atomic E-state index is -0.444. The van der Waals surface area contributed by atoms with Gasteiger partial charge in [0.15, 0.2) is 5.01 Å². The number of nitrogen functional groups attached to an aromatic ring is 1. The molecule has 18 heavy (non-hydrogen) atoms. The zero-order chi connectivity index (χ0) is 13.1. The first-order chi connectivity index (χ1) is 8.60. The second kappa shape index (κ2) is 5.07. The summed E-state index contributed by atoms with van der Waals surface area (Å²) in [4.78, 5) is 31.0. The van der Waals surface area contributed by atoms with Crippen LogP contribution in [-0.4, -0.2) is 20.4 Å². The molecule has 0 aromatic carbocycles. The highest BCUT2D eigenvalue weighted by molar-refractivity contribution is 7.11. The first kappa shape index (κ1) is 12.4. The van der Waals surface area contributed by atoms with Crippen molar-refractivity contribution in [1.29, 1.82) is 0 Å². The molecule has 0 aliphatic carbocycles. The van der Waals surface area contributed by atoms with E-state index in [1.165, 1.54) is 28.3 Å². The zero-order valence-corrected chi connectivity index (χ0v) is 10.4. The molecule has 7 nitrogen and oxygen atoms in total. The number of rotatable bonds is 3. The van der Waals surface area contributed by atoms with E-state index in [2.05, 4.69) is 9.97 Å². The highest BCUT2D eigenvalue weighted by atomic mass is 32.1. The van der Waals surface area contributed by atoms with Gasteiger partial charge in [-0.25, -0.2) is 15.8 Å². The topological polar surface area (TPSA) is 103 Å². The van der Waals surface area contributed by atoms with Gasteiger partial charge in [0, 0.05) is 17.1 Å². The van der Waals surface area contributed by atoms with Gasteiger partial charge in [-0.1, -0.05) is 0 Å². The summed E-state index contributed by atoms with van der Waals surface area (Å²) in [5.41, 5.74) is 3.13. The fourth-order valence-corrected chi connectivity index (χ4v) is 2.07. The third kappa shape index (κ3) is 2.60. The zero-order valence-electron chi connectivity index (χ0n) is 9.58. The third-order valence-corrected chi connectivity index (χ3v) is 3.12. The Balaban J connectivity index is 2.21. The predicted molar refractivity (Wildman–Crippen MR) is 66.1 cm³/mol. The predicted octanol–water partition coefficient (Wildman–Crippen LogP) is -0.340. The number of hydrazine groups is 1. The molecule has 0 atom stereocenters. The lowest BCUT2D eigenvalue weighted by Crippen LogP contribution is -2.30. The number of nitrogens with one attached hydrogen (secondary N) is 1. The molecule has 0 aliphatic heterocycles. The molecule has 0 spiro atoms. The lowest BCUT2D eigenvalue weighted by Gasteiger charge is -2.02. The summed E-state index contributed by atoms with van der Waals surface area (Å²) >= 11 is 1.17. The minimum Gasteiger partial charge on any atom is -0.293 e. The van der Waals surface area contributed by atoms with Crippen LogP contribution in [0, 0.1) is 6.92 Å². The van der Waals surface area contributed by atoms with E-state index in [-0.39, 0.29) is 17.1 Å². The Kier molecular flexibility index (Phi) is 3.49. The summed E-state index contributed by atoms with van der Waals surface area (Å²) in [6, 6.07) is 1.44. The minimum absolute atomic E-state index is 0.152. The van der Waals surface area contributed by atoms with E-state index in [4.69, 9.17) is 5.84 Å². The van der Waals surface area contributed by atoms with Crippen LogP contribution in [0.1, 0.15) is 21.2 Å². The number of carbonyl (C=O) groups is 1. The van der Waals surface area contributed by atoms with Gasteiger partial charge in [-0.15, -0.1) is 11.3 Å². The van der Waals surface area contributed by atoms with Crippen molar-refractivity contribution in [3.8, 4) is 0 Å². The maximum absolute atomic E-state index is 11.6. The highest BCUT2D eigenvalue weighted by Gasteiger charge is 2.10. The van der Waals surface area contributed by atoms with E-state index in [9.17, 15) is 9.59 Å². The molecule has 0 radical (unpaired) electrons. The normalized spacial score (nSPS) is 10.3. The first-order valence-corrected chi connectivity index (χ1v) is 5.96. The van der Waals surface area contributed by atoms with Crippen molar-refractivity contribution >= 4 is 17.2 Å².